The number of carboxylic acids is 1. The topological polar surface area (TPSA) is 92.0 Å². The maximum Gasteiger partial charge on any atom is 0.303 e. The third-order valence-electron chi connectivity index (χ3n) is 1.64. The fraction of sp³-hybridized carbons (Fsp3) is 0.286. The van der Waals surface area contributed by atoms with Crippen molar-refractivity contribution >= 4 is 17.2 Å². The third-order valence-corrected chi connectivity index (χ3v) is 1.64. The van der Waals surface area contributed by atoms with Crippen LogP contribution >= 0.6 is 0 Å². The van der Waals surface area contributed by atoms with E-state index in [0.29, 0.717) is 23.5 Å². The predicted octanol–water partition coefficient (Wildman–Crippen LogP) is 0.568. The van der Waals surface area contributed by atoms with Crippen LogP contribution in [-0.4, -0.2) is 26.2 Å². The van der Waals surface area contributed by atoms with E-state index in [1.807, 2.05) is 0 Å². The molecule has 0 unspecified atom stereocenters. The quantitative estimate of drug-likeness (QED) is 0.722. The minimum Gasteiger partial charge on any atom is -0.481 e. The number of aromatic nitrogens is 3. The Morgan fingerprint density at radius 3 is 3.23 bits per heavy atom. The van der Waals surface area contributed by atoms with Crippen LogP contribution in [0.3, 0.4) is 0 Å². The zero-order valence-electron chi connectivity index (χ0n) is 6.65. The van der Waals surface area contributed by atoms with E-state index in [2.05, 4.69) is 15.1 Å². The standard InChI is InChI=1S/C7H7N3O3/c11-6(12)2-1-5-9-4-3-8-13-7(4)10-5/h3H,1-2H2,(H,9,10)(H,11,12). The van der Waals surface area contributed by atoms with Crippen LogP contribution in [0.15, 0.2) is 10.7 Å². The summed E-state index contributed by atoms with van der Waals surface area (Å²) in [4.78, 5) is 17.1. The fourth-order valence-electron chi connectivity index (χ4n) is 1.05. The van der Waals surface area contributed by atoms with Gasteiger partial charge in [-0.1, -0.05) is 5.16 Å². The van der Waals surface area contributed by atoms with Crippen LogP contribution < -0.4 is 0 Å². The summed E-state index contributed by atoms with van der Waals surface area (Å²) in [6.07, 6.45) is 1.94. The summed E-state index contributed by atoms with van der Waals surface area (Å²) < 4.78 is 4.77. The molecule has 0 saturated heterocycles. The third kappa shape index (κ3) is 1.51. The SMILES string of the molecule is O=C(O)CCc1nc2oncc2[nH]1. The molecule has 0 atom stereocenters. The second-order valence-electron chi connectivity index (χ2n) is 2.62. The molecule has 0 radical (unpaired) electrons. The molecule has 68 valence electrons. The summed E-state index contributed by atoms with van der Waals surface area (Å²) >= 11 is 0. The highest BCUT2D eigenvalue weighted by atomic mass is 16.5. The van der Waals surface area contributed by atoms with Crippen molar-refractivity contribution in [3.63, 3.8) is 0 Å². The number of carbonyl (C=O) groups is 1. The van der Waals surface area contributed by atoms with Crippen LogP contribution in [0.2, 0.25) is 0 Å². The van der Waals surface area contributed by atoms with Gasteiger partial charge in [0.25, 0.3) is 5.71 Å². The van der Waals surface area contributed by atoms with Gasteiger partial charge in [0.1, 0.15) is 11.3 Å². The Labute approximate surface area is 72.6 Å². The van der Waals surface area contributed by atoms with E-state index >= 15 is 0 Å². The zero-order valence-corrected chi connectivity index (χ0v) is 6.65. The van der Waals surface area contributed by atoms with Crippen molar-refractivity contribution in [2.45, 2.75) is 12.8 Å². The number of aromatic amines is 1. The van der Waals surface area contributed by atoms with E-state index in [9.17, 15) is 4.79 Å². The Hall–Kier alpha value is -1.85. The van der Waals surface area contributed by atoms with Crippen molar-refractivity contribution in [1.82, 2.24) is 15.1 Å². The van der Waals surface area contributed by atoms with Crippen molar-refractivity contribution in [2.75, 3.05) is 0 Å². The van der Waals surface area contributed by atoms with Crippen LogP contribution in [0.5, 0.6) is 0 Å². The molecule has 0 amide bonds. The lowest BCUT2D eigenvalue weighted by atomic mass is 10.3. The summed E-state index contributed by atoms with van der Waals surface area (Å²) in [5, 5.41) is 11.9. The minimum absolute atomic E-state index is 0.0591. The smallest absolute Gasteiger partial charge is 0.303 e. The molecule has 2 aromatic rings. The number of nitrogens with zero attached hydrogens (tertiary/aromatic N) is 2. The Morgan fingerprint density at radius 1 is 1.69 bits per heavy atom. The molecule has 0 spiro atoms. The maximum absolute atomic E-state index is 10.2. The first-order chi connectivity index (χ1) is 6.25. The Kier molecular flexibility index (Phi) is 1.73. The lowest BCUT2D eigenvalue weighted by Crippen LogP contribution is -1.98. The van der Waals surface area contributed by atoms with E-state index in [4.69, 9.17) is 9.63 Å². The molecule has 0 aromatic carbocycles. The number of H-pyrrole nitrogens is 1. The highest BCUT2D eigenvalue weighted by molar-refractivity contribution is 5.68. The molecule has 0 bridgehead atoms. The highest BCUT2D eigenvalue weighted by Crippen LogP contribution is 2.10. The molecule has 6 nitrogen and oxygen atoms in total. The summed E-state index contributed by atoms with van der Waals surface area (Å²) in [7, 11) is 0. The van der Waals surface area contributed by atoms with E-state index in [-0.39, 0.29) is 6.42 Å². The molecule has 0 aliphatic heterocycles. The molecule has 0 aliphatic rings. The predicted molar refractivity (Wildman–Crippen MR) is 42.1 cm³/mol. The lowest BCUT2D eigenvalue weighted by Gasteiger charge is -1.89. The van der Waals surface area contributed by atoms with Crippen LogP contribution in [0.25, 0.3) is 11.2 Å². The highest BCUT2D eigenvalue weighted by Gasteiger charge is 2.07. The van der Waals surface area contributed by atoms with Crippen molar-refractivity contribution in [3.05, 3.63) is 12.0 Å². The zero-order chi connectivity index (χ0) is 9.26. The number of nitrogens with one attached hydrogen (secondary N) is 1. The van der Waals surface area contributed by atoms with Gasteiger partial charge in [0.2, 0.25) is 0 Å². The molecule has 0 saturated carbocycles. The van der Waals surface area contributed by atoms with Crippen molar-refractivity contribution in [1.29, 1.82) is 0 Å². The van der Waals surface area contributed by atoms with E-state index in [1.54, 1.807) is 0 Å². The molecule has 2 aromatic heterocycles. The van der Waals surface area contributed by atoms with Gasteiger partial charge >= 0.3 is 5.97 Å². The fourth-order valence-corrected chi connectivity index (χ4v) is 1.05. The first kappa shape index (κ1) is 7.78. The second-order valence-corrected chi connectivity index (χ2v) is 2.62. The Balaban J connectivity index is 2.15. The molecule has 6 heteroatoms. The molecule has 0 fully saturated rings. The number of hydrogen-bond donors (Lipinski definition) is 2. The first-order valence-electron chi connectivity index (χ1n) is 3.77. The number of rotatable bonds is 3. The number of hydrogen-bond acceptors (Lipinski definition) is 4. The van der Waals surface area contributed by atoms with Gasteiger partial charge in [-0.3, -0.25) is 4.79 Å². The Bertz CT molecular complexity index is 402. The van der Waals surface area contributed by atoms with Gasteiger partial charge in [-0.15, -0.1) is 0 Å². The summed E-state index contributed by atoms with van der Waals surface area (Å²) in [6.45, 7) is 0. The monoisotopic (exact) mass is 181 g/mol. The van der Waals surface area contributed by atoms with E-state index in [0.717, 1.165) is 0 Å². The molecule has 13 heavy (non-hydrogen) atoms. The first-order valence-corrected chi connectivity index (χ1v) is 3.77. The molecule has 2 heterocycles. The van der Waals surface area contributed by atoms with E-state index < -0.39 is 5.97 Å². The molecule has 2 rings (SSSR count). The number of carboxylic acid groups (broad SMARTS) is 1. The number of imidazole rings is 1. The van der Waals surface area contributed by atoms with Crippen molar-refractivity contribution in [3.8, 4) is 0 Å². The van der Waals surface area contributed by atoms with Crippen LogP contribution in [0.4, 0.5) is 0 Å². The normalized spacial score (nSPS) is 10.8. The average molecular weight is 181 g/mol. The summed E-state index contributed by atoms with van der Waals surface area (Å²) in [6, 6.07) is 0. The van der Waals surface area contributed by atoms with Gasteiger partial charge in [0, 0.05) is 6.42 Å². The van der Waals surface area contributed by atoms with Gasteiger partial charge in [0.05, 0.1) is 12.6 Å². The second kappa shape index (κ2) is 2.89. The van der Waals surface area contributed by atoms with Crippen molar-refractivity contribution in [2.24, 2.45) is 0 Å². The molecule has 2 N–H and O–H groups in total. The number of aliphatic carboxylic acids is 1. The van der Waals surface area contributed by atoms with E-state index in [1.165, 1.54) is 6.20 Å². The maximum atomic E-state index is 10.2. The largest absolute Gasteiger partial charge is 0.481 e. The minimum atomic E-state index is -0.842. The average Bonchev–Trinajstić information content (AvgIpc) is 2.58. The van der Waals surface area contributed by atoms with Crippen molar-refractivity contribution < 1.29 is 14.4 Å². The number of fused-ring (bicyclic) bond motifs is 1. The summed E-state index contributed by atoms with van der Waals surface area (Å²) in [5.74, 6) is -0.232. The molecular weight excluding hydrogens is 174 g/mol. The van der Waals surface area contributed by atoms with Crippen LogP contribution in [0.1, 0.15) is 12.2 Å². The Morgan fingerprint density at radius 2 is 2.54 bits per heavy atom. The summed E-state index contributed by atoms with van der Waals surface area (Å²) in [5.41, 5.74) is 1.11. The van der Waals surface area contributed by atoms with Gasteiger partial charge in [-0.05, 0) is 0 Å². The van der Waals surface area contributed by atoms with Gasteiger partial charge in [0.15, 0.2) is 0 Å². The lowest BCUT2D eigenvalue weighted by molar-refractivity contribution is -0.137. The van der Waals surface area contributed by atoms with Gasteiger partial charge in [-0.2, -0.15) is 4.98 Å². The van der Waals surface area contributed by atoms with Gasteiger partial charge in [-0.25, -0.2) is 0 Å². The number of aryl methyl sites for hydroxylation is 1. The van der Waals surface area contributed by atoms with Crippen LogP contribution in [-0.2, 0) is 11.2 Å². The van der Waals surface area contributed by atoms with Gasteiger partial charge < -0.3 is 14.6 Å². The molecular formula is C7H7N3O3. The van der Waals surface area contributed by atoms with Crippen LogP contribution in [0, 0.1) is 0 Å². The molecule has 0 aliphatic carbocycles.